The van der Waals surface area contributed by atoms with Crippen molar-refractivity contribution in [2.75, 3.05) is 0 Å². The summed E-state index contributed by atoms with van der Waals surface area (Å²) in [6.45, 7) is 0. The standard InChI is InChI=1S/C13H14BrN3O/c14-9-7-10-15-11-8(12(18)17(10)16-9)3-6-13(11)4-1-2-5-13/h7,15H,1-6H2. The van der Waals surface area contributed by atoms with Gasteiger partial charge in [0, 0.05) is 22.7 Å². The zero-order valence-electron chi connectivity index (χ0n) is 10.0. The summed E-state index contributed by atoms with van der Waals surface area (Å²) in [4.78, 5) is 15.9. The number of aromatic amines is 1. The number of halogens is 1. The molecule has 4 nitrogen and oxygen atoms in total. The molecule has 1 fully saturated rings. The van der Waals surface area contributed by atoms with Gasteiger partial charge in [-0.25, -0.2) is 0 Å². The second-order valence-electron chi connectivity index (χ2n) is 5.54. The van der Waals surface area contributed by atoms with E-state index in [1.807, 2.05) is 6.07 Å². The average Bonchev–Trinajstić information content (AvgIpc) is 3.02. The fraction of sp³-hybridized carbons (Fsp3) is 0.538. The van der Waals surface area contributed by atoms with Crippen LogP contribution in [0.4, 0.5) is 0 Å². The molecule has 0 amide bonds. The normalized spacial score (nSPS) is 20.9. The zero-order chi connectivity index (χ0) is 12.3. The van der Waals surface area contributed by atoms with Gasteiger partial charge in [0.15, 0.2) is 0 Å². The molecular formula is C13H14BrN3O. The number of aromatic nitrogens is 3. The molecule has 0 aliphatic heterocycles. The molecule has 0 bridgehead atoms. The van der Waals surface area contributed by atoms with E-state index in [1.165, 1.54) is 35.9 Å². The molecule has 2 aliphatic rings. The predicted octanol–water partition coefficient (Wildman–Crippen LogP) is 2.54. The Balaban J connectivity index is 2.05. The quantitative estimate of drug-likeness (QED) is 0.813. The van der Waals surface area contributed by atoms with E-state index in [9.17, 15) is 4.79 Å². The van der Waals surface area contributed by atoms with E-state index in [0.717, 1.165) is 24.1 Å². The maximum absolute atomic E-state index is 12.4. The lowest BCUT2D eigenvalue weighted by molar-refractivity contribution is 0.429. The largest absolute Gasteiger partial charge is 0.343 e. The van der Waals surface area contributed by atoms with E-state index in [1.54, 1.807) is 0 Å². The van der Waals surface area contributed by atoms with Crippen molar-refractivity contribution in [3.63, 3.8) is 0 Å². The van der Waals surface area contributed by atoms with E-state index >= 15 is 0 Å². The summed E-state index contributed by atoms with van der Waals surface area (Å²) in [6, 6.07) is 1.88. The van der Waals surface area contributed by atoms with Gasteiger partial charge in [-0.2, -0.15) is 9.61 Å². The summed E-state index contributed by atoms with van der Waals surface area (Å²) in [6.07, 6.45) is 7.05. The highest BCUT2D eigenvalue weighted by Crippen LogP contribution is 2.48. The summed E-state index contributed by atoms with van der Waals surface area (Å²) in [5.41, 5.74) is 3.28. The highest BCUT2D eigenvalue weighted by Gasteiger charge is 2.43. The number of nitrogens with zero attached hydrogens (tertiary/aromatic N) is 2. The molecule has 2 heterocycles. The van der Waals surface area contributed by atoms with Gasteiger partial charge in [-0.3, -0.25) is 4.79 Å². The number of rotatable bonds is 0. The van der Waals surface area contributed by atoms with Gasteiger partial charge in [-0.15, -0.1) is 0 Å². The van der Waals surface area contributed by atoms with Crippen molar-refractivity contribution in [2.24, 2.45) is 0 Å². The van der Waals surface area contributed by atoms with Crippen molar-refractivity contribution >= 4 is 21.6 Å². The lowest BCUT2D eigenvalue weighted by Gasteiger charge is -2.23. The topological polar surface area (TPSA) is 50.2 Å². The van der Waals surface area contributed by atoms with Gasteiger partial charge in [0.05, 0.1) is 0 Å². The van der Waals surface area contributed by atoms with Gasteiger partial charge < -0.3 is 4.98 Å². The molecule has 2 aromatic rings. The molecule has 4 rings (SSSR count). The zero-order valence-corrected chi connectivity index (χ0v) is 11.6. The smallest absolute Gasteiger partial charge is 0.277 e. The van der Waals surface area contributed by atoms with Crippen LogP contribution in [0.15, 0.2) is 15.5 Å². The average molecular weight is 308 g/mol. The van der Waals surface area contributed by atoms with Crippen LogP contribution in [0.1, 0.15) is 43.4 Å². The molecular weight excluding hydrogens is 294 g/mol. The maximum atomic E-state index is 12.4. The molecule has 2 aliphatic carbocycles. The third-order valence-electron chi connectivity index (χ3n) is 4.63. The fourth-order valence-electron chi connectivity index (χ4n) is 3.76. The van der Waals surface area contributed by atoms with Crippen molar-refractivity contribution in [1.82, 2.24) is 14.6 Å². The first-order valence-corrected chi connectivity index (χ1v) is 7.30. The minimum Gasteiger partial charge on any atom is -0.343 e. The van der Waals surface area contributed by atoms with Crippen LogP contribution < -0.4 is 5.56 Å². The van der Waals surface area contributed by atoms with Gasteiger partial charge in [0.1, 0.15) is 10.3 Å². The van der Waals surface area contributed by atoms with Gasteiger partial charge in [0.25, 0.3) is 5.56 Å². The molecule has 0 saturated heterocycles. The highest BCUT2D eigenvalue weighted by atomic mass is 79.9. The Bertz CT molecular complexity index is 694. The first kappa shape index (κ1) is 10.8. The molecule has 2 aromatic heterocycles. The molecule has 18 heavy (non-hydrogen) atoms. The molecule has 0 unspecified atom stereocenters. The summed E-state index contributed by atoms with van der Waals surface area (Å²) in [5.74, 6) is 0. The Labute approximate surface area is 113 Å². The second-order valence-corrected chi connectivity index (χ2v) is 6.35. The van der Waals surface area contributed by atoms with Crippen LogP contribution in [-0.2, 0) is 11.8 Å². The van der Waals surface area contributed by atoms with Crippen molar-refractivity contribution < 1.29 is 0 Å². The fourth-order valence-corrected chi connectivity index (χ4v) is 4.14. The summed E-state index contributed by atoms with van der Waals surface area (Å²) in [5, 5.41) is 4.19. The SMILES string of the molecule is O=c1c2c([nH]c3cc(Br)nn13)C1(CCCC1)CC2. The molecule has 0 atom stereocenters. The Hall–Kier alpha value is -1.10. The van der Waals surface area contributed by atoms with Crippen molar-refractivity contribution in [1.29, 1.82) is 0 Å². The van der Waals surface area contributed by atoms with Crippen LogP contribution in [0.3, 0.4) is 0 Å². The number of hydrogen-bond donors (Lipinski definition) is 1. The summed E-state index contributed by atoms with van der Waals surface area (Å²) >= 11 is 3.33. The maximum Gasteiger partial charge on any atom is 0.277 e. The molecule has 1 spiro atoms. The predicted molar refractivity (Wildman–Crippen MR) is 72.0 cm³/mol. The Morgan fingerprint density at radius 3 is 2.89 bits per heavy atom. The van der Waals surface area contributed by atoms with E-state index in [2.05, 4.69) is 26.0 Å². The van der Waals surface area contributed by atoms with Crippen molar-refractivity contribution in [2.45, 2.75) is 43.9 Å². The lowest BCUT2D eigenvalue weighted by Crippen LogP contribution is -2.25. The third-order valence-corrected chi connectivity index (χ3v) is 5.02. The van der Waals surface area contributed by atoms with Crippen LogP contribution in [0.2, 0.25) is 0 Å². The lowest BCUT2D eigenvalue weighted by atomic mass is 9.83. The van der Waals surface area contributed by atoms with Gasteiger partial charge in [0.2, 0.25) is 0 Å². The van der Waals surface area contributed by atoms with Gasteiger partial charge in [-0.1, -0.05) is 12.8 Å². The highest BCUT2D eigenvalue weighted by molar-refractivity contribution is 9.10. The minimum atomic E-state index is 0.0632. The van der Waals surface area contributed by atoms with Crippen LogP contribution >= 0.6 is 15.9 Å². The Kier molecular flexibility index (Phi) is 2.08. The Morgan fingerprint density at radius 2 is 2.11 bits per heavy atom. The van der Waals surface area contributed by atoms with Crippen LogP contribution in [-0.4, -0.2) is 14.6 Å². The third kappa shape index (κ3) is 1.25. The van der Waals surface area contributed by atoms with Crippen LogP contribution in [0.25, 0.3) is 5.65 Å². The molecule has 5 heteroatoms. The molecule has 1 N–H and O–H groups in total. The minimum absolute atomic E-state index is 0.0632. The van der Waals surface area contributed by atoms with Crippen molar-refractivity contribution in [3.8, 4) is 0 Å². The summed E-state index contributed by atoms with van der Waals surface area (Å²) < 4.78 is 2.19. The van der Waals surface area contributed by atoms with E-state index in [-0.39, 0.29) is 11.0 Å². The first-order chi connectivity index (χ1) is 8.70. The number of hydrogen-bond acceptors (Lipinski definition) is 2. The van der Waals surface area contributed by atoms with E-state index < -0.39 is 0 Å². The molecule has 1 saturated carbocycles. The van der Waals surface area contributed by atoms with Crippen LogP contribution in [0.5, 0.6) is 0 Å². The second kappa shape index (κ2) is 3.47. The van der Waals surface area contributed by atoms with E-state index in [0.29, 0.717) is 4.60 Å². The van der Waals surface area contributed by atoms with Crippen LogP contribution in [0, 0.1) is 0 Å². The van der Waals surface area contributed by atoms with Gasteiger partial charge in [-0.05, 0) is 41.6 Å². The van der Waals surface area contributed by atoms with Crippen molar-refractivity contribution in [3.05, 3.63) is 32.3 Å². The van der Waals surface area contributed by atoms with Gasteiger partial charge >= 0.3 is 0 Å². The Morgan fingerprint density at radius 1 is 1.33 bits per heavy atom. The first-order valence-electron chi connectivity index (χ1n) is 6.51. The molecule has 0 radical (unpaired) electrons. The monoisotopic (exact) mass is 307 g/mol. The number of fused-ring (bicyclic) bond motifs is 3. The number of H-pyrrole nitrogens is 1. The molecule has 94 valence electrons. The number of nitrogens with one attached hydrogen (secondary N) is 1. The summed E-state index contributed by atoms with van der Waals surface area (Å²) in [7, 11) is 0. The van der Waals surface area contributed by atoms with E-state index in [4.69, 9.17) is 0 Å². The molecule has 0 aromatic carbocycles.